The van der Waals surface area contributed by atoms with Crippen LogP contribution in [0.2, 0.25) is 0 Å². The van der Waals surface area contributed by atoms with Crippen LogP contribution in [-0.2, 0) is 10.5 Å². The molecule has 1 aromatic carbocycles. The number of aliphatic carboxylic acids is 1. The Bertz CT molecular complexity index is 368. The fourth-order valence-electron chi connectivity index (χ4n) is 1.88. The lowest BCUT2D eigenvalue weighted by Gasteiger charge is -2.12. The van der Waals surface area contributed by atoms with Gasteiger partial charge in [-0.2, -0.15) is 11.8 Å². The number of hydrogen-bond donors (Lipinski definition) is 1. The van der Waals surface area contributed by atoms with Gasteiger partial charge in [0.15, 0.2) is 0 Å². The summed E-state index contributed by atoms with van der Waals surface area (Å²) in [7, 11) is 0. The van der Waals surface area contributed by atoms with Crippen molar-refractivity contribution in [3.8, 4) is 0 Å². The van der Waals surface area contributed by atoms with Crippen LogP contribution in [0.25, 0.3) is 0 Å². The topological polar surface area (TPSA) is 37.3 Å². The Kier molecular flexibility index (Phi) is 5.56. The molecule has 0 aliphatic carbocycles. The summed E-state index contributed by atoms with van der Waals surface area (Å²) in [5.74, 6) is 0.193. The van der Waals surface area contributed by atoms with E-state index in [-0.39, 0.29) is 11.7 Å². The van der Waals surface area contributed by atoms with Gasteiger partial charge in [-0.25, -0.2) is 0 Å². The Morgan fingerprint density at radius 1 is 1.29 bits per heavy atom. The van der Waals surface area contributed by atoms with Crippen molar-refractivity contribution in [2.24, 2.45) is 0 Å². The molecule has 17 heavy (non-hydrogen) atoms. The molecule has 1 unspecified atom stereocenters. The Balaban J connectivity index is 2.56. The highest BCUT2D eigenvalue weighted by molar-refractivity contribution is 7.99. The first-order valence-corrected chi connectivity index (χ1v) is 6.96. The van der Waals surface area contributed by atoms with E-state index in [1.165, 1.54) is 16.7 Å². The molecule has 0 amide bonds. The number of carbonyl (C=O) groups is 1. The van der Waals surface area contributed by atoms with Crippen molar-refractivity contribution in [3.05, 3.63) is 34.9 Å². The van der Waals surface area contributed by atoms with E-state index in [9.17, 15) is 4.79 Å². The van der Waals surface area contributed by atoms with Gasteiger partial charge in [0, 0.05) is 11.0 Å². The fourth-order valence-corrected chi connectivity index (χ4v) is 2.97. The minimum absolute atomic E-state index is 0.216. The smallest absolute Gasteiger partial charge is 0.304 e. The van der Waals surface area contributed by atoms with Gasteiger partial charge in [0.05, 0.1) is 6.42 Å². The molecule has 0 saturated carbocycles. The van der Waals surface area contributed by atoms with E-state index in [1.807, 2.05) is 6.92 Å². The Morgan fingerprint density at radius 3 is 2.35 bits per heavy atom. The van der Waals surface area contributed by atoms with Crippen LogP contribution >= 0.6 is 11.8 Å². The molecule has 0 fully saturated rings. The first-order valence-electron chi connectivity index (χ1n) is 5.91. The van der Waals surface area contributed by atoms with E-state index >= 15 is 0 Å². The lowest BCUT2D eigenvalue weighted by atomic mass is 10.1. The minimum atomic E-state index is -0.704. The summed E-state index contributed by atoms with van der Waals surface area (Å²) in [5.41, 5.74) is 3.83. The van der Waals surface area contributed by atoms with Gasteiger partial charge in [0.2, 0.25) is 0 Å². The van der Waals surface area contributed by atoms with Crippen LogP contribution in [0.5, 0.6) is 0 Å². The Hall–Kier alpha value is -0.960. The highest BCUT2D eigenvalue weighted by atomic mass is 32.2. The minimum Gasteiger partial charge on any atom is -0.481 e. The van der Waals surface area contributed by atoms with Crippen LogP contribution in [0, 0.1) is 13.8 Å². The lowest BCUT2D eigenvalue weighted by Crippen LogP contribution is -2.09. The van der Waals surface area contributed by atoms with Gasteiger partial charge >= 0.3 is 5.97 Å². The molecule has 1 N–H and O–H groups in total. The molecule has 0 radical (unpaired) electrons. The zero-order valence-electron chi connectivity index (χ0n) is 10.7. The van der Waals surface area contributed by atoms with Gasteiger partial charge < -0.3 is 5.11 Å². The average molecular weight is 252 g/mol. The van der Waals surface area contributed by atoms with E-state index in [0.717, 1.165) is 12.2 Å². The third-order valence-electron chi connectivity index (χ3n) is 2.62. The van der Waals surface area contributed by atoms with Crippen molar-refractivity contribution >= 4 is 17.7 Å². The first kappa shape index (κ1) is 14.1. The van der Waals surface area contributed by atoms with Gasteiger partial charge in [-0.3, -0.25) is 4.79 Å². The summed E-state index contributed by atoms with van der Waals surface area (Å²) < 4.78 is 0. The summed E-state index contributed by atoms with van der Waals surface area (Å²) >= 11 is 1.74. The van der Waals surface area contributed by atoms with Crippen LogP contribution in [0.15, 0.2) is 18.2 Å². The van der Waals surface area contributed by atoms with Crippen LogP contribution in [0.1, 0.15) is 36.5 Å². The molecule has 0 bridgehead atoms. The highest BCUT2D eigenvalue weighted by Crippen LogP contribution is 2.24. The van der Waals surface area contributed by atoms with Crippen molar-refractivity contribution in [2.75, 3.05) is 0 Å². The Morgan fingerprint density at radius 2 is 1.88 bits per heavy atom. The summed E-state index contributed by atoms with van der Waals surface area (Å²) in [5, 5.41) is 9.00. The molecule has 0 aliphatic rings. The quantitative estimate of drug-likeness (QED) is 0.837. The van der Waals surface area contributed by atoms with Crippen LogP contribution in [0.3, 0.4) is 0 Å². The number of thioether (sulfide) groups is 1. The number of rotatable bonds is 6. The maximum Gasteiger partial charge on any atom is 0.304 e. The molecule has 1 atom stereocenters. The number of benzene rings is 1. The number of carboxylic acids is 1. The third kappa shape index (κ3) is 5.26. The molecule has 0 saturated heterocycles. The molecule has 1 rings (SSSR count). The fraction of sp³-hybridized carbons (Fsp3) is 0.500. The third-order valence-corrected chi connectivity index (χ3v) is 4.10. The van der Waals surface area contributed by atoms with Gasteiger partial charge in [-0.1, -0.05) is 36.2 Å². The predicted molar refractivity (Wildman–Crippen MR) is 73.5 cm³/mol. The monoisotopic (exact) mass is 252 g/mol. The maximum atomic E-state index is 10.7. The van der Waals surface area contributed by atoms with Crippen molar-refractivity contribution in [1.29, 1.82) is 0 Å². The van der Waals surface area contributed by atoms with Gasteiger partial charge in [0.25, 0.3) is 0 Å². The van der Waals surface area contributed by atoms with Crippen molar-refractivity contribution in [1.82, 2.24) is 0 Å². The molecule has 94 valence electrons. The molecular weight excluding hydrogens is 232 g/mol. The summed E-state index contributed by atoms with van der Waals surface area (Å²) in [4.78, 5) is 10.7. The summed E-state index contributed by atoms with van der Waals surface area (Å²) in [6.45, 7) is 6.23. The molecular formula is C14H20O2S. The van der Waals surface area contributed by atoms with E-state index in [2.05, 4.69) is 32.0 Å². The summed E-state index contributed by atoms with van der Waals surface area (Å²) in [6.07, 6.45) is 1.16. The average Bonchev–Trinajstić information content (AvgIpc) is 2.22. The SMILES string of the molecule is CCC(CC(=O)O)SCc1cc(C)cc(C)c1. The molecule has 1 aromatic rings. The maximum absolute atomic E-state index is 10.7. The number of aryl methyl sites for hydroxylation is 2. The Labute approximate surface area is 107 Å². The first-order chi connectivity index (χ1) is 8.01. The second kappa shape index (κ2) is 6.70. The second-order valence-corrected chi connectivity index (χ2v) is 5.72. The van der Waals surface area contributed by atoms with Crippen molar-refractivity contribution in [2.45, 2.75) is 44.6 Å². The van der Waals surface area contributed by atoms with E-state index < -0.39 is 5.97 Å². The zero-order valence-corrected chi connectivity index (χ0v) is 11.5. The molecule has 3 heteroatoms. The summed E-state index contributed by atoms with van der Waals surface area (Å²) in [6, 6.07) is 6.50. The van der Waals surface area contributed by atoms with Crippen LogP contribution in [-0.4, -0.2) is 16.3 Å². The zero-order chi connectivity index (χ0) is 12.8. The van der Waals surface area contributed by atoms with Gasteiger partial charge in [-0.05, 0) is 25.8 Å². The van der Waals surface area contributed by atoms with Crippen molar-refractivity contribution in [3.63, 3.8) is 0 Å². The molecule has 0 aliphatic heterocycles. The van der Waals surface area contributed by atoms with Crippen LogP contribution < -0.4 is 0 Å². The standard InChI is InChI=1S/C14H20O2S/c1-4-13(8-14(15)16)17-9-12-6-10(2)5-11(3)7-12/h5-7,13H,4,8-9H2,1-3H3,(H,15,16). The highest BCUT2D eigenvalue weighted by Gasteiger charge is 2.11. The molecule has 0 aromatic heterocycles. The van der Waals surface area contributed by atoms with Crippen molar-refractivity contribution < 1.29 is 9.90 Å². The van der Waals surface area contributed by atoms with Gasteiger partial charge in [0.1, 0.15) is 0 Å². The largest absolute Gasteiger partial charge is 0.481 e. The number of hydrogen-bond acceptors (Lipinski definition) is 2. The van der Waals surface area contributed by atoms with E-state index in [1.54, 1.807) is 11.8 Å². The normalized spacial score (nSPS) is 12.4. The van der Waals surface area contributed by atoms with E-state index in [4.69, 9.17) is 5.11 Å². The molecule has 0 spiro atoms. The van der Waals surface area contributed by atoms with Gasteiger partial charge in [-0.15, -0.1) is 0 Å². The second-order valence-electron chi connectivity index (χ2n) is 4.44. The van der Waals surface area contributed by atoms with Crippen LogP contribution in [0.4, 0.5) is 0 Å². The molecule has 0 heterocycles. The van der Waals surface area contributed by atoms with E-state index in [0.29, 0.717) is 0 Å². The lowest BCUT2D eigenvalue weighted by molar-refractivity contribution is -0.136. The predicted octanol–water partition coefficient (Wildman–Crippen LogP) is 3.79. The number of carboxylic acid groups (broad SMARTS) is 1. The molecule has 2 nitrogen and oxygen atoms in total.